The molecular formula is C20H20ClN3O3S2. The summed E-state index contributed by atoms with van der Waals surface area (Å²) in [5.74, 6) is -0.169. The lowest BCUT2D eigenvalue weighted by Gasteiger charge is -2.05. The second-order valence-electron chi connectivity index (χ2n) is 6.47. The van der Waals surface area contributed by atoms with Gasteiger partial charge in [0.15, 0.2) is 5.13 Å². The minimum absolute atomic E-state index is 0.0867. The van der Waals surface area contributed by atoms with Gasteiger partial charge in [-0.05, 0) is 43.2 Å². The van der Waals surface area contributed by atoms with E-state index in [0.29, 0.717) is 23.7 Å². The molecule has 0 fully saturated rings. The Hall–Kier alpha value is -2.42. The lowest BCUT2D eigenvalue weighted by Crippen LogP contribution is -2.27. The number of hydrogen-bond donors (Lipinski definition) is 2. The zero-order chi connectivity index (χ0) is 20.9. The average molecular weight is 450 g/mol. The Morgan fingerprint density at radius 2 is 1.79 bits per heavy atom. The first-order chi connectivity index (χ1) is 13.8. The third-order valence-electron chi connectivity index (χ3n) is 4.10. The Labute approximate surface area is 179 Å². The molecule has 0 atom stereocenters. The predicted octanol–water partition coefficient (Wildman–Crippen LogP) is 3.81. The van der Waals surface area contributed by atoms with Gasteiger partial charge >= 0.3 is 0 Å². The summed E-state index contributed by atoms with van der Waals surface area (Å²) in [6.07, 6.45) is 0.783. The topological polar surface area (TPSA) is 88.2 Å². The molecule has 1 aromatic heterocycles. The van der Waals surface area contributed by atoms with E-state index >= 15 is 0 Å². The normalized spacial score (nSPS) is 11.2. The minimum Gasteiger partial charge on any atom is -0.355 e. The van der Waals surface area contributed by atoms with E-state index in [-0.39, 0.29) is 22.4 Å². The van der Waals surface area contributed by atoms with Crippen LogP contribution in [-0.4, -0.2) is 25.9 Å². The second-order valence-corrected chi connectivity index (χ2v) is 9.44. The minimum atomic E-state index is -3.71. The van der Waals surface area contributed by atoms with Gasteiger partial charge in [0.05, 0.1) is 17.0 Å². The Morgan fingerprint density at radius 3 is 2.48 bits per heavy atom. The predicted molar refractivity (Wildman–Crippen MR) is 116 cm³/mol. The molecule has 0 aliphatic carbocycles. The molecule has 0 spiro atoms. The number of amides is 1. The average Bonchev–Trinajstić information content (AvgIpc) is 3.09. The number of hydrogen-bond acceptors (Lipinski definition) is 5. The number of halogens is 1. The molecule has 1 heterocycles. The molecule has 9 heteroatoms. The highest BCUT2D eigenvalue weighted by Gasteiger charge is 2.16. The van der Waals surface area contributed by atoms with E-state index in [2.05, 4.69) is 15.0 Å². The van der Waals surface area contributed by atoms with Crippen molar-refractivity contribution in [2.45, 2.75) is 24.7 Å². The standard InChI is InChI=1S/C20H20ClN3O3S2/c1-14-2-8-18(9-3-14)29(26,27)24-20-23-17(13-28-20)12-19(25)22-11-10-15-4-6-16(21)7-5-15/h2-9,13H,10-12H2,1H3,(H,22,25)(H,23,24). The molecule has 3 aromatic rings. The molecule has 6 nitrogen and oxygen atoms in total. The van der Waals surface area contributed by atoms with Crippen LogP contribution in [0.25, 0.3) is 0 Å². The monoisotopic (exact) mass is 449 g/mol. The van der Waals surface area contributed by atoms with Gasteiger partial charge in [0, 0.05) is 16.9 Å². The Balaban J connectivity index is 1.51. The molecule has 0 bridgehead atoms. The summed E-state index contributed by atoms with van der Waals surface area (Å²) in [7, 11) is -3.71. The maximum absolute atomic E-state index is 12.4. The van der Waals surface area contributed by atoms with E-state index in [1.807, 2.05) is 31.2 Å². The number of thiazole rings is 1. The van der Waals surface area contributed by atoms with E-state index in [1.54, 1.807) is 29.6 Å². The quantitative estimate of drug-likeness (QED) is 0.547. The molecule has 29 heavy (non-hydrogen) atoms. The number of aromatic nitrogens is 1. The van der Waals surface area contributed by atoms with Crippen LogP contribution in [0.15, 0.2) is 58.8 Å². The molecule has 3 rings (SSSR count). The first kappa shape index (κ1) is 21.3. The Bertz CT molecular complexity index is 1080. The summed E-state index contributed by atoms with van der Waals surface area (Å²) >= 11 is 7.00. The number of rotatable bonds is 8. The highest BCUT2D eigenvalue weighted by Crippen LogP contribution is 2.20. The van der Waals surface area contributed by atoms with E-state index in [9.17, 15) is 13.2 Å². The summed E-state index contributed by atoms with van der Waals surface area (Å²) in [5, 5.41) is 5.42. The molecule has 0 aliphatic rings. The number of carbonyl (C=O) groups is 1. The van der Waals surface area contributed by atoms with Crippen LogP contribution in [0.3, 0.4) is 0 Å². The van der Waals surface area contributed by atoms with Crippen molar-refractivity contribution in [2.75, 3.05) is 11.3 Å². The highest BCUT2D eigenvalue weighted by molar-refractivity contribution is 7.93. The van der Waals surface area contributed by atoms with Crippen LogP contribution in [0, 0.1) is 6.92 Å². The van der Waals surface area contributed by atoms with Gasteiger partial charge in [0.25, 0.3) is 10.0 Å². The summed E-state index contributed by atoms with van der Waals surface area (Å²) in [5.41, 5.74) is 2.57. The Morgan fingerprint density at radius 1 is 1.10 bits per heavy atom. The van der Waals surface area contributed by atoms with Crippen molar-refractivity contribution in [1.29, 1.82) is 0 Å². The van der Waals surface area contributed by atoms with Crippen LogP contribution in [-0.2, 0) is 27.7 Å². The lowest BCUT2D eigenvalue weighted by atomic mass is 10.1. The van der Waals surface area contributed by atoms with Gasteiger partial charge in [-0.3, -0.25) is 9.52 Å². The molecule has 0 aliphatic heterocycles. The van der Waals surface area contributed by atoms with E-state index < -0.39 is 10.0 Å². The second kappa shape index (κ2) is 9.39. The van der Waals surface area contributed by atoms with Crippen molar-refractivity contribution in [3.8, 4) is 0 Å². The maximum Gasteiger partial charge on any atom is 0.263 e. The first-order valence-corrected chi connectivity index (χ1v) is 11.6. The van der Waals surface area contributed by atoms with Crippen molar-refractivity contribution in [3.05, 3.63) is 75.8 Å². The van der Waals surface area contributed by atoms with Gasteiger partial charge in [-0.2, -0.15) is 0 Å². The van der Waals surface area contributed by atoms with Crippen LogP contribution in [0.4, 0.5) is 5.13 Å². The molecule has 0 saturated heterocycles. The van der Waals surface area contributed by atoms with Crippen molar-refractivity contribution in [3.63, 3.8) is 0 Å². The molecule has 2 aromatic carbocycles. The Kier molecular flexibility index (Phi) is 6.89. The number of nitrogens with one attached hydrogen (secondary N) is 2. The van der Waals surface area contributed by atoms with Gasteiger partial charge in [-0.1, -0.05) is 41.4 Å². The molecule has 0 radical (unpaired) electrons. The van der Waals surface area contributed by atoms with Crippen LogP contribution in [0.2, 0.25) is 5.02 Å². The third-order valence-corrected chi connectivity index (χ3v) is 6.64. The highest BCUT2D eigenvalue weighted by atomic mass is 35.5. The zero-order valence-electron chi connectivity index (χ0n) is 15.7. The van der Waals surface area contributed by atoms with Crippen LogP contribution >= 0.6 is 22.9 Å². The van der Waals surface area contributed by atoms with E-state index in [1.165, 1.54) is 0 Å². The van der Waals surface area contributed by atoms with Gasteiger partial charge in [0.2, 0.25) is 5.91 Å². The van der Waals surface area contributed by atoms with Crippen LogP contribution < -0.4 is 10.0 Å². The maximum atomic E-state index is 12.4. The molecule has 0 saturated carbocycles. The molecule has 0 unspecified atom stereocenters. The smallest absolute Gasteiger partial charge is 0.263 e. The van der Waals surface area contributed by atoms with Crippen molar-refractivity contribution in [1.82, 2.24) is 10.3 Å². The van der Waals surface area contributed by atoms with Crippen LogP contribution in [0.5, 0.6) is 0 Å². The molecular weight excluding hydrogens is 430 g/mol. The van der Waals surface area contributed by atoms with Crippen LogP contribution in [0.1, 0.15) is 16.8 Å². The van der Waals surface area contributed by atoms with Crippen molar-refractivity contribution >= 4 is 44.0 Å². The lowest BCUT2D eigenvalue weighted by molar-refractivity contribution is -0.120. The van der Waals surface area contributed by atoms with Gasteiger partial charge in [-0.15, -0.1) is 11.3 Å². The summed E-state index contributed by atoms with van der Waals surface area (Å²) in [6.45, 7) is 2.38. The summed E-state index contributed by atoms with van der Waals surface area (Å²) in [4.78, 5) is 16.5. The largest absolute Gasteiger partial charge is 0.355 e. The SMILES string of the molecule is Cc1ccc(S(=O)(=O)Nc2nc(CC(=O)NCCc3ccc(Cl)cc3)cs2)cc1. The zero-order valence-corrected chi connectivity index (χ0v) is 18.1. The first-order valence-electron chi connectivity index (χ1n) is 8.87. The number of sulfonamides is 1. The molecule has 152 valence electrons. The van der Waals surface area contributed by atoms with E-state index in [0.717, 1.165) is 22.5 Å². The number of anilines is 1. The fourth-order valence-corrected chi connectivity index (χ4v) is 4.64. The van der Waals surface area contributed by atoms with Gasteiger partial charge < -0.3 is 5.32 Å². The fraction of sp³-hybridized carbons (Fsp3) is 0.200. The van der Waals surface area contributed by atoms with Crippen molar-refractivity contribution in [2.24, 2.45) is 0 Å². The number of carbonyl (C=O) groups excluding carboxylic acids is 1. The fourth-order valence-electron chi connectivity index (χ4n) is 2.55. The number of aryl methyl sites for hydroxylation is 1. The number of benzene rings is 2. The van der Waals surface area contributed by atoms with E-state index in [4.69, 9.17) is 11.6 Å². The molecule has 1 amide bonds. The number of nitrogens with zero attached hydrogens (tertiary/aromatic N) is 1. The van der Waals surface area contributed by atoms with Gasteiger partial charge in [-0.25, -0.2) is 13.4 Å². The summed E-state index contributed by atoms with van der Waals surface area (Å²) in [6, 6.07) is 14.0. The third kappa shape index (κ3) is 6.28. The van der Waals surface area contributed by atoms with Gasteiger partial charge in [0.1, 0.15) is 0 Å². The summed E-state index contributed by atoms with van der Waals surface area (Å²) < 4.78 is 27.3. The molecule has 2 N–H and O–H groups in total. The van der Waals surface area contributed by atoms with Crippen molar-refractivity contribution < 1.29 is 13.2 Å².